The minimum atomic E-state index is 0.473. The Balaban J connectivity index is 2.73. The summed E-state index contributed by atoms with van der Waals surface area (Å²) in [7, 11) is 1.86. The molecule has 0 radical (unpaired) electrons. The van der Waals surface area contributed by atoms with Crippen molar-refractivity contribution in [1.82, 2.24) is 9.97 Å². The van der Waals surface area contributed by atoms with Crippen LogP contribution in [0.5, 0.6) is 0 Å². The SMILES string of the molecule is CCOCc1nc(NC)cc(SCC(C)C)n1. The van der Waals surface area contributed by atoms with Gasteiger partial charge in [-0.15, -0.1) is 11.8 Å². The lowest BCUT2D eigenvalue weighted by Gasteiger charge is -2.08. The van der Waals surface area contributed by atoms with Gasteiger partial charge in [0.25, 0.3) is 0 Å². The molecule has 0 saturated carbocycles. The molecule has 0 aromatic carbocycles. The minimum Gasteiger partial charge on any atom is -0.374 e. The third kappa shape index (κ3) is 5.37. The van der Waals surface area contributed by atoms with Gasteiger partial charge in [-0.25, -0.2) is 9.97 Å². The van der Waals surface area contributed by atoms with E-state index in [0.29, 0.717) is 19.1 Å². The summed E-state index contributed by atoms with van der Waals surface area (Å²) in [5, 5.41) is 4.06. The monoisotopic (exact) mass is 255 g/mol. The van der Waals surface area contributed by atoms with Crippen molar-refractivity contribution >= 4 is 17.6 Å². The molecule has 1 rings (SSSR count). The zero-order valence-corrected chi connectivity index (χ0v) is 11.8. The summed E-state index contributed by atoms with van der Waals surface area (Å²) in [6.45, 7) is 7.53. The molecule has 1 heterocycles. The number of thioether (sulfide) groups is 1. The Morgan fingerprint density at radius 2 is 2.18 bits per heavy atom. The standard InChI is InChI=1S/C12H21N3OS/c1-5-16-7-11-14-10(13-4)6-12(15-11)17-8-9(2)3/h6,9H,5,7-8H2,1-4H3,(H,13,14,15). The number of ether oxygens (including phenoxy) is 1. The first-order chi connectivity index (χ1) is 8.15. The predicted molar refractivity (Wildman–Crippen MR) is 72.5 cm³/mol. The fraction of sp³-hybridized carbons (Fsp3) is 0.667. The lowest BCUT2D eigenvalue weighted by Crippen LogP contribution is -2.04. The number of aromatic nitrogens is 2. The highest BCUT2D eigenvalue weighted by atomic mass is 32.2. The number of hydrogen-bond acceptors (Lipinski definition) is 5. The van der Waals surface area contributed by atoms with Crippen molar-refractivity contribution < 1.29 is 4.74 Å². The lowest BCUT2D eigenvalue weighted by molar-refractivity contribution is 0.128. The van der Waals surface area contributed by atoms with Gasteiger partial charge in [-0.1, -0.05) is 13.8 Å². The molecule has 0 fully saturated rings. The van der Waals surface area contributed by atoms with E-state index in [1.165, 1.54) is 0 Å². The van der Waals surface area contributed by atoms with Gasteiger partial charge in [0.2, 0.25) is 0 Å². The fourth-order valence-corrected chi connectivity index (χ4v) is 2.05. The third-order valence-corrected chi connectivity index (χ3v) is 3.34. The second kappa shape index (κ2) is 7.50. The smallest absolute Gasteiger partial charge is 0.157 e. The molecule has 1 aromatic rings. The molecule has 4 nitrogen and oxygen atoms in total. The van der Waals surface area contributed by atoms with E-state index in [9.17, 15) is 0 Å². The molecule has 0 unspecified atom stereocenters. The average Bonchev–Trinajstić information content (AvgIpc) is 2.33. The number of nitrogens with one attached hydrogen (secondary N) is 1. The van der Waals surface area contributed by atoms with Crippen molar-refractivity contribution in [3.63, 3.8) is 0 Å². The largest absolute Gasteiger partial charge is 0.374 e. The molecule has 1 aromatic heterocycles. The molecule has 0 spiro atoms. The highest BCUT2D eigenvalue weighted by molar-refractivity contribution is 7.99. The van der Waals surface area contributed by atoms with Gasteiger partial charge in [0.15, 0.2) is 5.82 Å². The van der Waals surface area contributed by atoms with Crippen LogP contribution in [0.1, 0.15) is 26.6 Å². The van der Waals surface area contributed by atoms with Gasteiger partial charge in [-0.2, -0.15) is 0 Å². The summed E-state index contributed by atoms with van der Waals surface area (Å²) >= 11 is 1.76. The van der Waals surface area contributed by atoms with Gasteiger partial charge in [0.05, 0.1) is 0 Å². The summed E-state index contributed by atoms with van der Waals surface area (Å²) in [5.74, 6) is 3.31. The Labute approximate surface area is 108 Å². The zero-order valence-electron chi connectivity index (χ0n) is 11.0. The highest BCUT2D eigenvalue weighted by Gasteiger charge is 2.05. The summed E-state index contributed by atoms with van der Waals surface area (Å²) in [6, 6.07) is 1.97. The van der Waals surface area contributed by atoms with E-state index in [0.717, 1.165) is 22.4 Å². The maximum atomic E-state index is 5.34. The first-order valence-corrected chi connectivity index (χ1v) is 6.90. The summed E-state index contributed by atoms with van der Waals surface area (Å²) in [5.41, 5.74) is 0. The Kier molecular flexibility index (Phi) is 6.29. The second-order valence-electron chi connectivity index (χ2n) is 4.10. The quantitative estimate of drug-likeness (QED) is 0.599. The number of rotatable bonds is 7. The molecule has 1 N–H and O–H groups in total. The van der Waals surface area contributed by atoms with Gasteiger partial charge < -0.3 is 10.1 Å². The first-order valence-electron chi connectivity index (χ1n) is 5.92. The van der Waals surface area contributed by atoms with Crippen molar-refractivity contribution in [2.24, 2.45) is 5.92 Å². The zero-order chi connectivity index (χ0) is 12.7. The summed E-state index contributed by atoms with van der Waals surface area (Å²) < 4.78 is 5.34. The van der Waals surface area contributed by atoms with Gasteiger partial charge in [0, 0.05) is 25.5 Å². The van der Waals surface area contributed by atoms with Crippen molar-refractivity contribution in [2.45, 2.75) is 32.4 Å². The Bertz CT molecular complexity index is 345. The normalized spacial score (nSPS) is 10.9. The van der Waals surface area contributed by atoms with E-state index in [4.69, 9.17) is 4.74 Å². The molecule has 0 aliphatic carbocycles. The second-order valence-corrected chi connectivity index (χ2v) is 5.14. The minimum absolute atomic E-state index is 0.473. The topological polar surface area (TPSA) is 47.0 Å². The lowest BCUT2D eigenvalue weighted by atomic mass is 10.3. The molecule has 0 aliphatic rings. The number of anilines is 1. The fourth-order valence-electron chi connectivity index (χ4n) is 1.18. The van der Waals surface area contributed by atoms with Crippen LogP contribution < -0.4 is 5.32 Å². The van der Waals surface area contributed by atoms with E-state index in [-0.39, 0.29) is 0 Å². The van der Waals surface area contributed by atoms with Crippen molar-refractivity contribution in [3.8, 4) is 0 Å². The predicted octanol–water partition coefficient (Wildman–Crippen LogP) is 2.80. The molecule has 0 atom stereocenters. The summed E-state index contributed by atoms with van der Waals surface area (Å²) in [4.78, 5) is 8.83. The Hall–Kier alpha value is -0.810. The van der Waals surface area contributed by atoms with Gasteiger partial charge in [-0.3, -0.25) is 0 Å². The molecule has 0 saturated heterocycles. The van der Waals surface area contributed by atoms with Crippen LogP contribution in [0.3, 0.4) is 0 Å². The van der Waals surface area contributed by atoms with E-state index < -0.39 is 0 Å². The molecule has 0 bridgehead atoms. The van der Waals surface area contributed by atoms with E-state index in [1.54, 1.807) is 11.8 Å². The maximum absolute atomic E-state index is 5.34. The summed E-state index contributed by atoms with van der Waals surface area (Å²) in [6.07, 6.45) is 0. The van der Waals surface area contributed by atoms with E-state index in [2.05, 4.69) is 29.1 Å². The van der Waals surface area contributed by atoms with Crippen LogP contribution in [0.4, 0.5) is 5.82 Å². The van der Waals surface area contributed by atoms with E-state index in [1.807, 2.05) is 20.0 Å². The highest BCUT2D eigenvalue weighted by Crippen LogP contribution is 2.21. The van der Waals surface area contributed by atoms with E-state index >= 15 is 0 Å². The van der Waals surface area contributed by atoms with Gasteiger partial charge in [-0.05, 0) is 12.8 Å². The van der Waals surface area contributed by atoms with Crippen LogP contribution in [0.2, 0.25) is 0 Å². The molecule has 96 valence electrons. The van der Waals surface area contributed by atoms with Crippen LogP contribution >= 0.6 is 11.8 Å². The van der Waals surface area contributed by atoms with Crippen molar-refractivity contribution in [2.75, 3.05) is 24.7 Å². The maximum Gasteiger partial charge on any atom is 0.157 e. The molecule has 0 aliphatic heterocycles. The Morgan fingerprint density at radius 1 is 1.41 bits per heavy atom. The first kappa shape index (κ1) is 14.3. The van der Waals surface area contributed by atoms with Crippen LogP contribution in [0, 0.1) is 5.92 Å². The number of nitrogens with zero attached hydrogens (tertiary/aromatic N) is 2. The van der Waals surface area contributed by atoms with Crippen LogP contribution in [0.25, 0.3) is 0 Å². The molecule has 0 amide bonds. The Morgan fingerprint density at radius 3 is 2.76 bits per heavy atom. The van der Waals surface area contributed by atoms with Gasteiger partial charge in [0.1, 0.15) is 17.5 Å². The molecule has 5 heteroatoms. The third-order valence-electron chi connectivity index (χ3n) is 2.00. The van der Waals surface area contributed by atoms with Crippen molar-refractivity contribution in [3.05, 3.63) is 11.9 Å². The van der Waals surface area contributed by atoms with Crippen LogP contribution in [-0.4, -0.2) is 29.4 Å². The van der Waals surface area contributed by atoms with Gasteiger partial charge >= 0.3 is 0 Å². The van der Waals surface area contributed by atoms with Crippen LogP contribution in [-0.2, 0) is 11.3 Å². The van der Waals surface area contributed by atoms with Crippen molar-refractivity contribution in [1.29, 1.82) is 0 Å². The average molecular weight is 255 g/mol. The molecular weight excluding hydrogens is 234 g/mol. The molecule has 17 heavy (non-hydrogen) atoms. The van der Waals surface area contributed by atoms with Crippen LogP contribution in [0.15, 0.2) is 11.1 Å². The molecular formula is C12H21N3OS. The number of hydrogen-bond donors (Lipinski definition) is 1.